The van der Waals surface area contributed by atoms with Crippen LogP contribution in [0.2, 0.25) is 0 Å². The van der Waals surface area contributed by atoms with Crippen molar-refractivity contribution in [2.24, 2.45) is 13.0 Å². The number of hydrogen-bond acceptors (Lipinski definition) is 4. The number of pyridine rings is 1. The summed E-state index contributed by atoms with van der Waals surface area (Å²) in [5.74, 6) is 0.246. The molecule has 1 atom stereocenters. The Morgan fingerprint density at radius 2 is 2.14 bits per heavy atom. The second-order valence-electron chi connectivity index (χ2n) is 5.34. The quantitative estimate of drug-likeness (QED) is 0.898. The van der Waals surface area contributed by atoms with E-state index in [9.17, 15) is 4.79 Å². The van der Waals surface area contributed by atoms with Crippen LogP contribution in [0.4, 0.5) is 11.5 Å². The molecule has 1 unspecified atom stereocenters. The highest BCUT2D eigenvalue weighted by molar-refractivity contribution is 5.92. The molecule has 0 aliphatic rings. The van der Waals surface area contributed by atoms with Gasteiger partial charge in [-0.2, -0.15) is 5.10 Å². The van der Waals surface area contributed by atoms with Gasteiger partial charge in [0.15, 0.2) is 0 Å². The molecule has 112 valence electrons. The molecule has 2 heterocycles. The highest BCUT2D eigenvalue weighted by Gasteiger charge is 2.18. The largest absolute Gasteiger partial charge is 0.384 e. The SMILES string of the molecule is Cc1nn(C)c(C)c1CC(C)C(=O)Nc1ccc(N)nc1. The van der Waals surface area contributed by atoms with Crippen molar-refractivity contribution >= 4 is 17.4 Å². The zero-order valence-electron chi connectivity index (χ0n) is 12.8. The van der Waals surface area contributed by atoms with Gasteiger partial charge in [-0.15, -0.1) is 0 Å². The lowest BCUT2D eigenvalue weighted by Crippen LogP contribution is -2.22. The van der Waals surface area contributed by atoms with Crippen molar-refractivity contribution in [3.05, 3.63) is 35.3 Å². The molecule has 0 bridgehead atoms. The minimum absolute atomic E-state index is 0.0378. The molecular weight excluding hydrogens is 266 g/mol. The number of nitrogens with zero attached hydrogens (tertiary/aromatic N) is 3. The molecule has 6 nitrogen and oxygen atoms in total. The number of nitrogens with one attached hydrogen (secondary N) is 1. The molecule has 0 spiro atoms. The number of nitrogens with two attached hydrogens (primary N) is 1. The number of aromatic nitrogens is 3. The molecule has 0 saturated carbocycles. The number of carbonyl (C=O) groups is 1. The second-order valence-corrected chi connectivity index (χ2v) is 5.34. The van der Waals surface area contributed by atoms with Crippen LogP contribution in [0.3, 0.4) is 0 Å². The Morgan fingerprint density at radius 3 is 2.67 bits per heavy atom. The topological polar surface area (TPSA) is 85.8 Å². The molecule has 0 aromatic carbocycles. The first kappa shape index (κ1) is 15.0. The smallest absolute Gasteiger partial charge is 0.227 e. The summed E-state index contributed by atoms with van der Waals surface area (Å²) in [5, 5.41) is 7.23. The van der Waals surface area contributed by atoms with Crippen molar-refractivity contribution in [2.45, 2.75) is 27.2 Å². The van der Waals surface area contributed by atoms with Crippen LogP contribution in [-0.2, 0) is 18.3 Å². The normalized spacial score (nSPS) is 12.2. The average molecular weight is 287 g/mol. The van der Waals surface area contributed by atoms with Crippen molar-refractivity contribution in [1.82, 2.24) is 14.8 Å². The maximum absolute atomic E-state index is 12.2. The fraction of sp³-hybridized carbons (Fsp3) is 0.400. The summed E-state index contributed by atoms with van der Waals surface area (Å²) in [5.41, 5.74) is 9.38. The Morgan fingerprint density at radius 1 is 1.43 bits per heavy atom. The minimum Gasteiger partial charge on any atom is -0.384 e. The van der Waals surface area contributed by atoms with Gasteiger partial charge in [-0.25, -0.2) is 4.98 Å². The van der Waals surface area contributed by atoms with E-state index in [-0.39, 0.29) is 11.8 Å². The molecule has 2 rings (SSSR count). The third kappa shape index (κ3) is 3.39. The minimum atomic E-state index is -0.149. The lowest BCUT2D eigenvalue weighted by atomic mass is 9.99. The van der Waals surface area contributed by atoms with Gasteiger partial charge in [0.25, 0.3) is 0 Å². The fourth-order valence-electron chi connectivity index (χ4n) is 2.26. The number of nitrogen functional groups attached to an aromatic ring is 1. The average Bonchev–Trinajstić information content (AvgIpc) is 2.68. The van der Waals surface area contributed by atoms with Crippen LogP contribution in [0, 0.1) is 19.8 Å². The zero-order chi connectivity index (χ0) is 15.6. The van der Waals surface area contributed by atoms with Gasteiger partial charge in [-0.1, -0.05) is 6.92 Å². The van der Waals surface area contributed by atoms with E-state index in [0.717, 1.165) is 17.0 Å². The third-order valence-electron chi connectivity index (χ3n) is 3.67. The van der Waals surface area contributed by atoms with E-state index in [2.05, 4.69) is 15.4 Å². The van der Waals surface area contributed by atoms with Gasteiger partial charge in [0.2, 0.25) is 5.91 Å². The van der Waals surface area contributed by atoms with Crippen LogP contribution in [0.25, 0.3) is 0 Å². The Balaban J connectivity index is 2.04. The fourth-order valence-corrected chi connectivity index (χ4v) is 2.26. The summed E-state index contributed by atoms with van der Waals surface area (Å²) in [6.45, 7) is 5.90. The van der Waals surface area contributed by atoms with E-state index in [1.54, 1.807) is 18.3 Å². The van der Waals surface area contributed by atoms with Crippen molar-refractivity contribution < 1.29 is 4.79 Å². The molecule has 1 amide bonds. The van der Waals surface area contributed by atoms with Gasteiger partial charge in [0.1, 0.15) is 5.82 Å². The first-order valence-corrected chi connectivity index (χ1v) is 6.90. The van der Waals surface area contributed by atoms with Gasteiger partial charge in [0.05, 0.1) is 17.6 Å². The van der Waals surface area contributed by atoms with Gasteiger partial charge < -0.3 is 11.1 Å². The number of rotatable bonds is 4. The van der Waals surface area contributed by atoms with Crippen LogP contribution >= 0.6 is 0 Å². The van der Waals surface area contributed by atoms with Gasteiger partial charge in [0, 0.05) is 18.7 Å². The summed E-state index contributed by atoms with van der Waals surface area (Å²) in [7, 11) is 1.91. The maximum Gasteiger partial charge on any atom is 0.227 e. The van der Waals surface area contributed by atoms with Gasteiger partial charge in [-0.05, 0) is 38.0 Å². The van der Waals surface area contributed by atoms with Gasteiger partial charge in [-0.3, -0.25) is 9.48 Å². The number of carbonyl (C=O) groups excluding carboxylic acids is 1. The highest BCUT2D eigenvalue weighted by Crippen LogP contribution is 2.18. The van der Waals surface area contributed by atoms with E-state index in [1.807, 2.05) is 32.5 Å². The van der Waals surface area contributed by atoms with Crippen molar-refractivity contribution in [2.75, 3.05) is 11.1 Å². The number of aryl methyl sites for hydroxylation is 2. The Labute approximate surface area is 124 Å². The summed E-state index contributed by atoms with van der Waals surface area (Å²) < 4.78 is 1.85. The standard InChI is InChI=1S/C15H21N5O/c1-9(7-13-10(2)19-20(4)11(13)3)15(21)18-12-5-6-14(16)17-8-12/h5-6,8-9H,7H2,1-4H3,(H2,16,17)(H,18,21). The number of hydrogen-bond donors (Lipinski definition) is 2. The summed E-state index contributed by atoms with van der Waals surface area (Å²) in [6, 6.07) is 3.41. The zero-order valence-corrected chi connectivity index (χ0v) is 12.8. The van der Waals surface area contributed by atoms with Crippen LogP contribution in [0.5, 0.6) is 0 Å². The lowest BCUT2D eigenvalue weighted by molar-refractivity contribution is -0.119. The van der Waals surface area contributed by atoms with Crippen LogP contribution in [0.15, 0.2) is 18.3 Å². The Hall–Kier alpha value is -2.37. The molecular formula is C15H21N5O. The molecule has 0 saturated heterocycles. The molecule has 3 N–H and O–H groups in total. The maximum atomic E-state index is 12.2. The molecule has 0 aliphatic carbocycles. The summed E-state index contributed by atoms with van der Waals surface area (Å²) in [6.07, 6.45) is 2.22. The summed E-state index contributed by atoms with van der Waals surface area (Å²) >= 11 is 0. The molecule has 2 aromatic heterocycles. The highest BCUT2D eigenvalue weighted by atomic mass is 16.1. The predicted molar refractivity (Wildman–Crippen MR) is 82.8 cm³/mol. The molecule has 0 fully saturated rings. The molecule has 2 aromatic rings. The van der Waals surface area contributed by atoms with Crippen LogP contribution in [-0.4, -0.2) is 20.7 Å². The van der Waals surface area contributed by atoms with Crippen molar-refractivity contribution in [3.8, 4) is 0 Å². The van der Waals surface area contributed by atoms with Gasteiger partial charge >= 0.3 is 0 Å². The van der Waals surface area contributed by atoms with E-state index in [0.29, 0.717) is 17.9 Å². The first-order chi connectivity index (χ1) is 9.88. The molecule has 0 aliphatic heterocycles. The van der Waals surface area contributed by atoms with E-state index >= 15 is 0 Å². The van der Waals surface area contributed by atoms with Crippen molar-refractivity contribution in [3.63, 3.8) is 0 Å². The van der Waals surface area contributed by atoms with E-state index < -0.39 is 0 Å². The lowest BCUT2D eigenvalue weighted by Gasteiger charge is -2.12. The Bertz CT molecular complexity index is 645. The van der Waals surface area contributed by atoms with E-state index in [4.69, 9.17) is 5.73 Å². The monoisotopic (exact) mass is 287 g/mol. The number of amides is 1. The van der Waals surface area contributed by atoms with Crippen molar-refractivity contribution in [1.29, 1.82) is 0 Å². The Kier molecular flexibility index (Phi) is 4.26. The van der Waals surface area contributed by atoms with Crippen LogP contribution in [0.1, 0.15) is 23.9 Å². The third-order valence-corrected chi connectivity index (χ3v) is 3.67. The summed E-state index contributed by atoms with van der Waals surface area (Å²) in [4.78, 5) is 16.2. The molecule has 0 radical (unpaired) electrons. The molecule has 6 heteroatoms. The number of anilines is 2. The molecule has 21 heavy (non-hydrogen) atoms. The first-order valence-electron chi connectivity index (χ1n) is 6.90. The second kappa shape index (κ2) is 5.95. The predicted octanol–water partition coefficient (Wildman–Crippen LogP) is 1.83. The van der Waals surface area contributed by atoms with Crippen LogP contribution < -0.4 is 11.1 Å². The van der Waals surface area contributed by atoms with E-state index in [1.165, 1.54) is 0 Å².